The molecule has 1 amide bonds. The number of hydrogen-bond acceptors (Lipinski definition) is 9. The second kappa shape index (κ2) is 11.4. The molecule has 2 aromatic heterocycles. The minimum absolute atomic E-state index is 0.0326. The first-order valence-electron chi connectivity index (χ1n) is 11.7. The van der Waals surface area contributed by atoms with Gasteiger partial charge in [-0.05, 0) is 55.5 Å². The summed E-state index contributed by atoms with van der Waals surface area (Å²) in [6.07, 6.45) is 0.153. The van der Waals surface area contributed by atoms with Crippen LogP contribution in [-0.2, 0) is 14.8 Å². The first-order chi connectivity index (χ1) is 18.8. The largest absolute Gasteiger partial charge is 0.326 e. The van der Waals surface area contributed by atoms with Crippen LogP contribution in [0.4, 0.5) is 10.8 Å². The van der Waals surface area contributed by atoms with Gasteiger partial charge in [0.1, 0.15) is 5.01 Å². The van der Waals surface area contributed by atoms with Crippen LogP contribution in [0.15, 0.2) is 93.7 Å². The molecule has 5 aromatic rings. The number of nitrogens with one attached hydrogen (secondary N) is 2. The van der Waals surface area contributed by atoms with Crippen LogP contribution >= 0.6 is 23.1 Å². The number of amides is 1. The number of hydrogen-bond donors (Lipinski definition) is 2. The Hall–Kier alpha value is -4.07. The van der Waals surface area contributed by atoms with Crippen LogP contribution in [0, 0.1) is 6.92 Å². The molecule has 2 N–H and O–H groups in total. The Balaban J connectivity index is 1.24. The molecule has 2 heterocycles. The van der Waals surface area contributed by atoms with Crippen molar-refractivity contribution < 1.29 is 13.2 Å². The van der Waals surface area contributed by atoms with Gasteiger partial charge in [-0.2, -0.15) is 0 Å². The number of aromatic nitrogens is 4. The summed E-state index contributed by atoms with van der Waals surface area (Å²) in [6.45, 7) is 1.73. The molecule has 3 aromatic carbocycles. The molecule has 0 radical (unpaired) electrons. The summed E-state index contributed by atoms with van der Waals surface area (Å²) < 4.78 is 29.1. The summed E-state index contributed by atoms with van der Waals surface area (Å²) >= 11 is 2.44. The fourth-order valence-electron chi connectivity index (χ4n) is 3.70. The quantitative estimate of drug-likeness (QED) is 0.193. The fraction of sp³-hybridized carbons (Fsp3) is 0.115. The van der Waals surface area contributed by atoms with E-state index in [0.29, 0.717) is 38.2 Å². The van der Waals surface area contributed by atoms with Gasteiger partial charge in [0.05, 0.1) is 21.5 Å². The molecule has 0 saturated carbocycles. The van der Waals surface area contributed by atoms with Gasteiger partial charge in [0.2, 0.25) is 11.0 Å². The van der Waals surface area contributed by atoms with Gasteiger partial charge >= 0.3 is 0 Å². The molecule has 10 nitrogen and oxygen atoms in total. The Morgan fingerprint density at radius 3 is 2.41 bits per heavy atom. The number of aryl methyl sites for hydroxylation is 1. The highest BCUT2D eigenvalue weighted by atomic mass is 32.2. The SMILES string of the molecule is Cc1nnc(NS(=O)(=O)c2ccc(NC(=O)CCSc3nc4ccccc4c(=O)n3-c3ccccc3)cc2)s1. The predicted molar refractivity (Wildman–Crippen MR) is 153 cm³/mol. The zero-order valence-electron chi connectivity index (χ0n) is 20.6. The van der Waals surface area contributed by atoms with Gasteiger partial charge < -0.3 is 5.32 Å². The molecule has 0 fully saturated rings. The van der Waals surface area contributed by atoms with Crippen LogP contribution in [0.25, 0.3) is 16.6 Å². The lowest BCUT2D eigenvalue weighted by atomic mass is 10.2. The molecule has 13 heteroatoms. The van der Waals surface area contributed by atoms with Crippen LogP contribution < -0.4 is 15.6 Å². The molecule has 0 bridgehead atoms. The second-order valence-electron chi connectivity index (χ2n) is 8.29. The van der Waals surface area contributed by atoms with Gasteiger partial charge in [0, 0.05) is 17.9 Å². The Morgan fingerprint density at radius 2 is 1.69 bits per heavy atom. The molecule has 0 saturated heterocycles. The van der Waals surface area contributed by atoms with Gasteiger partial charge in [0.15, 0.2) is 5.16 Å². The standard InChI is InChI=1S/C26H22N6O4S3/c1-17-29-30-25(38-17)31-39(35,36)20-13-11-18(12-14-20)27-23(33)15-16-37-26-28-22-10-6-5-9-21(22)24(34)32(26)19-7-3-2-4-8-19/h2-14H,15-16H2,1H3,(H,27,33)(H,30,31). The maximum absolute atomic E-state index is 13.3. The molecular formula is C26H22N6O4S3. The van der Waals surface area contributed by atoms with E-state index in [1.807, 2.05) is 36.4 Å². The van der Waals surface area contributed by atoms with Gasteiger partial charge in [-0.1, -0.05) is 53.4 Å². The third-order valence-electron chi connectivity index (χ3n) is 5.52. The zero-order valence-corrected chi connectivity index (χ0v) is 23.0. The van der Waals surface area contributed by atoms with Crippen LogP contribution in [0.2, 0.25) is 0 Å². The summed E-state index contributed by atoms with van der Waals surface area (Å²) in [5, 5.41) is 12.2. The lowest BCUT2D eigenvalue weighted by Crippen LogP contribution is -2.22. The van der Waals surface area contributed by atoms with E-state index in [9.17, 15) is 18.0 Å². The average molecular weight is 579 g/mol. The van der Waals surface area contributed by atoms with E-state index in [4.69, 9.17) is 0 Å². The van der Waals surface area contributed by atoms with Crippen molar-refractivity contribution in [3.8, 4) is 5.69 Å². The Morgan fingerprint density at radius 1 is 0.974 bits per heavy atom. The number of para-hydroxylation sites is 2. The Kier molecular flexibility index (Phi) is 7.72. The molecule has 0 aliphatic heterocycles. The first kappa shape index (κ1) is 26.5. The highest BCUT2D eigenvalue weighted by Crippen LogP contribution is 2.23. The van der Waals surface area contributed by atoms with Crippen molar-refractivity contribution in [3.05, 3.63) is 94.2 Å². The van der Waals surface area contributed by atoms with Crippen molar-refractivity contribution in [2.75, 3.05) is 15.8 Å². The highest BCUT2D eigenvalue weighted by Gasteiger charge is 2.17. The highest BCUT2D eigenvalue weighted by molar-refractivity contribution is 7.99. The first-order valence-corrected chi connectivity index (χ1v) is 15.0. The van der Waals surface area contributed by atoms with Crippen LogP contribution in [0.1, 0.15) is 11.4 Å². The number of benzene rings is 3. The number of carbonyl (C=O) groups is 1. The molecule has 0 aliphatic carbocycles. The monoisotopic (exact) mass is 578 g/mol. The third-order valence-corrected chi connectivity index (χ3v) is 8.69. The minimum Gasteiger partial charge on any atom is -0.326 e. The molecule has 0 unspecified atom stereocenters. The van der Waals surface area contributed by atoms with Crippen molar-refractivity contribution in [2.24, 2.45) is 0 Å². The minimum atomic E-state index is -3.83. The summed E-state index contributed by atoms with van der Waals surface area (Å²) in [5.74, 6) is 0.121. The Labute approximate surface area is 232 Å². The average Bonchev–Trinajstić information content (AvgIpc) is 3.33. The molecule has 0 atom stereocenters. The maximum atomic E-state index is 13.3. The topological polar surface area (TPSA) is 136 Å². The molecule has 39 heavy (non-hydrogen) atoms. The van der Waals surface area contributed by atoms with E-state index >= 15 is 0 Å². The zero-order chi connectivity index (χ0) is 27.4. The number of carbonyl (C=O) groups excluding carboxylic acids is 1. The van der Waals surface area contributed by atoms with Crippen molar-refractivity contribution in [3.63, 3.8) is 0 Å². The number of thioether (sulfide) groups is 1. The smallest absolute Gasteiger partial charge is 0.266 e. The Bertz CT molecular complexity index is 1800. The lowest BCUT2D eigenvalue weighted by Gasteiger charge is -2.13. The van der Waals surface area contributed by atoms with Crippen molar-refractivity contribution in [2.45, 2.75) is 23.4 Å². The fourth-order valence-corrected chi connectivity index (χ4v) is 6.47. The van der Waals surface area contributed by atoms with Crippen LogP contribution in [0.5, 0.6) is 0 Å². The van der Waals surface area contributed by atoms with Crippen molar-refractivity contribution in [1.82, 2.24) is 19.7 Å². The number of rotatable bonds is 9. The van der Waals surface area contributed by atoms with Gasteiger partial charge in [0.25, 0.3) is 15.6 Å². The van der Waals surface area contributed by atoms with Crippen molar-refractivity contribution >= 4 is 60.8 Å². The lowest BCUT2D eigenvalue weighted by molar-refractivity contribution is -0.115. The molecule has 5 rings (SSSR count). The summed E-state index contributed by atoms with van der Waals surface area (Å²) in [4.78, 5) is 30.6. The van der Waals surface area contributed by atoms with Crippen LogP contribution in [0.3, 0.4) is 0 Å². The summed E-state index contributed by atoms with van der Waals surface area (Å²) in [5.41, 5.74) is 1.57. The number of fused-ring (bicyclic) bond motifs is 1. The van der Waals surface area contributed by atoms with E-state index < -0.39 is 10.0 Å². The third kappa shape index (κ3) is 6.16. The van der Waals surface area contributed by atoms with E-state index in [0.717, 1.165) is 11.3 Å². The molecule has 0 aliphatic rings. The van der Waals surface area contributed by atoms with E-state index in [1.165, 1.54) is 36.0 Å². The number of nitrogens with zero attached hydrogens (tertiary/aromatic N) is 4. The van der Waals surface area contributed by atoms with E-state index in [2.05, 4.69) is 25.2 Å². The number of anilines is 2. The van der Waals surface area contributed by atoms with Gasteiger partial charge in [-0.15, -0.1) is 10.2 Å². The summed E-state index contributed by atoms with van der Waals surface area (Å²) in [7, 11) is -3.83. The van der Waals surface area contributed by atoms with E-state index in [1.54, 1.807) is 29.7 Å². The van der Waals surface area contributed by atoms with Crippen molar-refractivity contribution in [1.29, 1.82) is 0 Å². The molecular weight excluding hydrogens is 557 g/mol. The summed E-state index contributed by atoms with van der Waals surface area (Å²) in [6, 6.07) is 22.2. The second-order valence-corrected chi connectivity index (χ2v) is 12.2. The predicted octanol–water partition coefficient (Wildman–Crippen LogP) is 4.47. The van der Waals surface area contributed by atoms with Gasteiger partial charge in [-0.3, -0.25) is 18.9 Å². The maximum Gasteiger partial charge on any atom is 0.266 e. The van der Waals surface area contributed by atoms with E-state index in [-0.39, 0.29) is 27.9 Å². The normalized spacial score (nSPS) is 11.4. The molecule has 0 spiro atoms. The number of sulfonamides is 1. The van der Waals surface area contributed by atoms with Crippen LogP contribution in [-0.4, -0.2) is 39.8 Å². The van der Waals surface area contributed by atoms with Gasteiger partial charge in [-0.25, -0.2) is 13.4 Å². The molecule has 198 valence electrons.